The first kappa shape index (κ1) is 43.2. The number of ether oxygens (including phenoxy) is 3. The van der Waals surface area contributed by atoms with Gasteiger partial charge in [0.05, 0.1) is 55.1 Å². The standard InChI is InChI=1S/C44H47F2N9O8/c1-25(2)54-15-17-63-40-30(45)20-28(21-34(40)54)39-31(46)23-48-44(52-39)50-35-8-6-27(22-47-35)26-10-12-53(13-11-26)14-16-61-18-19-62-24-37(57)49-32-5-3-4-29-38(32)43(60)55(42(29)59)33-7-9-36(56)51-41(33)58/h3-6,8,20-23,25-26,33H,7,9-19,24H2,1-2H3,(H,49,57)(H,51,56,58)(H,47,48,50,52). The number of carbonyl (C=O) groups is 5. The number of rotatable bonds is 15. The summed E-state index contributed by atoms with van der Waals surface area (Å²) in [7, 11) is 0. The summed E-state index contributed by atoms with van der Waals surface area (Å²) in [5.41, 5.74) is 2.07. The number of hydrogen-bond acceptors (Lipinski definition) is 14. The van der Waals surface area contributed by atoms with Crippen LogP contribution in [0.4, 0.5) is 31.9 Å². The van der Waals surface area contributed by atoms with E-state index in [4.69, 9.17) is 14.2 Å². The van der Waals surface area contributed by atoms with Crippen molar-refractivity contribution >= 4 is 52.7 Å². The van der Waals surface area contributed by atoms with E-state index in [-0.39, 0.29) is 78.5 Å². The lowest BCUT2D eigenvalue weighted by Crippen LogP contribution is -2.54. The predicted octanol–water partition coefficient (Wildman–Crippen LogP) is 4.42. The van der Waals surface area contributed by atoms with Crippen LogP contribution in [0.1, 0.15) is 71.7 Å². The molecule has 6 heterocycles. The minimum atomic E-state index is -1.11. The number of fused-ring (bicyclic) bond motifs is 2. The summed E-state index contributed by atoms with van der Waals surface area (Å²) in [5, 5.41) is 7.83. The zero-order valence-corrected chi connectivity index (χ0v) is 34.8. The second kappa shape index (κ2) is 18.9. The van der Waals surface area contributed by atoms with Crippen molar-refractivity contribution in [3.8, 4) is 17.0 Å². The van der Waals surface area contributed by atoms with Crippen molar-refractivity contribution in [3.05, 3.63) is 83.2 Å². The summed E-state index contributed by atoms with van der Waals surface area (Å²) in [5.74, 6) is -3.26. The van der Waals surface area contributed by atoms with Crippen LogP contribution < -0.4 is 25.6 Å². The van der Waals surface area contributed by atoms with Gasteiger partial charge in [-0.05, 0) is 88.0 Å². The molecule has 0 aliphatic carbocycles. The first-order valence-corrected chi connectivity index (χ1v) is 21.0. The number of anilines is 4. The Labute approximate surface area is 361 Å². The molecule has 4 aliphatic heterocycles. The number of pyridine rings is 1. The summed E-state index contributed by atoms with van der Waals surface area (Å²) >= 11 is 0. The molecule has 17 nitrogen and oxygen atoms in total. The second-order valence-corrected chi connectivity index (χ2v) is 15.9. The monoisotopic (exact) mass is 867 g/mol. The predicted molar refractivity (Wildman–Crippen MR) is 225 cm³/mol. The van der Waals surface area contributed by atoms with E-state index >= 15 is 8.78 Å². The maximum absolute atomic E-state index is 15.1. The molecular formula is C44H47F2N9O8. The molecule has 2 fully saturated rings. The van der Waals surface area contributed by atoms with E-state index in [0.29, 0.717) is 37.2 Å². The quantitative estimate of drug-likeness (QED) is 0.112. The molecule has 0 saturated carbocycles. The number of nitrogens with one attached hydrogen (secondary N) is 3. The number of hydrogen-bond donors (Lipinski definition) is 3. The minimum Gasteiger partial charge on any atom is -0.486 e. The number of nitrogens with zero attached hydrogens (tertiary/aromatic N) is 6. The average Bonchev–Trinajstić information content (AvgIpc) is 3.53. The summed E-state index contributed by atoms with van der Waals surface area (Å²) in [6, 6.07) is 10.2. The molecule has 4 aromatic rings. The van der Waals surface area contributed by atoms with Gasteiger partial charge in [0.1, 0.15) is 30.8 Å². The topological polar surface area (TPSA) is 198 Å². The molecule has 2 aromatic carbocycles. The summed E-state index contributed by atoms with van der Waals surface area (Å²) in [6.07, 6.45) is 4.78. The van der Waals surface area contributed by atoms with Crippen molar-refractivity contribution in [2.45, 2.75) is 57.5 Å². The smallest absolute Gasteiger partial charge is 0.264 e. The fraction of sp³-hybridized carbons (Fsp3) is 0.409. The van der Waals surface area contributed by atoms with E-state index in [1.807, 2.05) is 37.1 Å². The summed E-state index contributed by atoms with van der Waals surface area (Å²) in [6.45, 7) is 8.06. The Kier molecular flexibility index (Phi) is 13.0. The van der Waals surface area contributed by atoms with Crippen LogP contribution in [0, 0.1) is 11.6 Å². The Balaban J connectivity index is 0.739. The highest BCUT2D eigenvalue weighted by Gasteiger charge is 2.45. The first-order valence-electron chi connectivity index (χ1n) is 21.0. The van der Waals surface area contributed by atoms with Crippen LogP contribution in [0.3, 0.4) is 0 Å². The van der Waals surface area contributed by atoms with E-state index in [1.54, 1.807) is 6.07 Å². The molecule has 3 N–H and O–H groups in total. The van der Waals surface area contributed by atoms with Gasteiger partial charge in [-0.2, -0.15) is 0 Å². The molecule has 1 atom stereocenters. The van der Waals surface area contributed by atoms with Crippen LogP contribution in [-0.4, -0.2) is 126 Å². The van der Waals surface area contributed by atoms with Gasteiger partial charge in [-0.3, -0.25) is 34.2 Å². The Morgan fingerprint density at radius 1 is 0.937 bits per heavy atom. The molecule has 63 heavy (non-hydrogen) atoms. The van der Waals surface area contributed by atoms with Crippen molar-refractivity contribution in [2.75, 3.05) is 74.7 Å². The van der Waals surface area contributed by atoms with E-state index in [2.05, 4.69) is 35.8 Å². The molecule has 4 aliphatic rings. The van der Waals surface area contributed by atoms with E-state index in [9.17, 15) is 24.0 Å². The van der Waals surface area contributed by atoms with E-state index in [0.717, 1.165) is 49.1 Å². The zero-order valence-electron chi connectivity index (χ0n) is 34.8. The Morgan fingerprint density at radius 3 is 2.51 bits per heavy atom. The molecule has 8 rings (SSSR count). The number of halogens is 2. The van der Waals surface area contributed by atoms with Crippen LogP contribution in [0.2, 0.25) is 0 Å². The van der Waals surface area contributed by atoms with Gasteiger partial charge >= 0.3 is 0 Å². The largest absolute Gasteiger partial charge is 0.486 e. The van der Waals surface area contributed by atoms with Crippen molar-refractivity contribution < 1.29 is 47.0 Å². The molecule has 19 heteroatoms. The van der Waals surface area contributed by atoms with Gasteiger partial charge in [0, 0.05) is 30.8 Å². The maximum atomic E-state index is 15.1. The third-order valence-electron chi connectivity index (χ3n) is 11.5. The van der Waals surface area contributed by atoms with Gasteiger partial charge < -0.3 is 34.6 Å². The van der Waals surface area contributed by atoms with Gasteiger partial charge in [-0.25, -0.2) is 23.7 Å². The molecule has 1 unspecified atom stereocenters. The molecule has 330 valence electrons. The highest BCUT2D eigenvalue weighted by atomic mass is 19.1. The number of amides is 5. The van der Waals surface area contributed by atoms with Crippen molar-refractivity contribution in [1.82, 2.24) is 30.1 Å². The molecule has 2 saturated heterocycles. The van der Waals surface area contributed by atoms with Crippen LogP contribution >= 0.6 is 0 Å². The third kappa shape index (κ3) is 9.50. The maximum Gasteiger partial charge on any atom is 0.264 e. The number of benzene rings is 2. The summed E-state index contributed by atoms with van der Waals surface area (Å²) in [4.78, 5) is 81.2. The van der Waals surface area contributed by atoms with Crippen molar-refractivity contribution in [2.24, 2.45) is 0 Å². The van der Waals surface area contributed by atoms with E-state index in [1.165, 1.54) is 24.3 Å². The van der Waals surface area contributed by atoms with Gasteiger partial charge in [0.2, 0.25) is 23.7 Å². The number of carbonyl (C=O) groups excluding carboxylic acids is 5. The number of aromatic nitrogens is 3. The normalized spacial score (nSPS) is 18.0. The highest BCUT2D eigenvalue weighted by molar-refractivity contribution is 6.26. The lowest BCUT2D eigenvalue weighted by molar-refractivity contribution is -0.136. The molecule has 0 spiro atoms. The Bertz CT molecular complexity index is 2410. The average molecular weight is 868 g/mol. The van der Waals surface area contributed by atoms with Crippen molar-refractivity contribution in [1.29, 1.82) is 0 Å². The molecule has 2 aromatic heterocycles. The first-order chi connectivity index (χ1) is 30.4. The SMILES string of the molecule is CC(C)N1CCOc2c(F)cc(-c3nc(Nc4ccc(C5CCN(CCOCCOCC(=O)Nc6cccc7c6C(=O)N(C6CCC(=O)NC6=O)C7=O)CC5)cn4)ncc3F)cc21. The molecular weight excluding hydrogens is 821 g/mol. The summed E-state index contributed by atoms with van der Waals surface area (Å²) < 4.78 is 47.0. The van der Waals surface area contributed by atoms with Gasteiger partial charge in [0.15, 0.2) is 17.4 Å². The second-order valence-electron chi connectivity index (χ2n) is 15.9. The van der Waals surface area contributed by atoms with Crippen LogP contribution in [0.25, 0.3) is 11.3 Å². The fourth-order valence-corrected chi connectivity index (χ4v) is 8.31. The van der Waals surface area contributed by atoms with Crippen LogP contribution in [0.5, 0.6) is 5.75 Å². The van der Waals surface area contributed by atoms with Crippen LogP contribution in [0.15, 0.2) is 54.9 Å². The van der Waals surface area contributed by atoms with Crippen molar-refractivity contribution in [3.63, 3.8) is 0 Å². The van der Waals surface area contributed by atoms with E-state index < -0.39 is 47.2 Å². The minimum absolute atomic E-state index is 0.00291. The number of piperidine rings is 2. The van der Waals surface area contributed by atoms with Gasteiger partial charge in [-0.15, -0.1) is 0 Å². The lowest BCUT2D eigenvalue weighted by atomic mass is 9.90. The molecule has 5 amide bonds. The lowest BCUT2D eigenvalue weighted by Gasteiger charge is -2.34. The fourth-order valence-electron chi connectivity index (χ4n) is 8.31. The molecule has 0 bridgehead atoms. The Morgan fingerprint density at radius 2 is 1.75 bits per heavy atom. The zero-order chi connectivity index (χ0) is 44.2. The van der Waals surface area contributed by atoms with Crippen LogP contribution in [-0.2, 0) is 23.9 Å². The molecule has 0 radical (unpaired) electrons. The number of likely N-dealkylation sites (tertiary alicyclic amines) is 1. The van der Waals surface area contributed by atoms with Gasteiger partial charge in [-0.1, -0.05) is 12.1 Å². The van der Waals surface area contributed by atoms with Gasteiger partial charge in [0.25, 0.3) is 11.8 Å². The number of imide groups is 2. The highest BCUT2D eigenvalue weighted by Crippen LogP contribution is 2.40. The third-order valence-corrected chi connectivity index (χ3v) is 11.5. The Hall–Kier alpha value is -6.44.